The number of halogens is 2. The summed E-state index contributed by atoms with van der Waals surface area (Å²) >= 11 is 11.8. The van der Waals surface area contributed by atoms with E-state index >= 15 is 0 Å². The van der Waals surface area contributed by atoms with Crippen LogP contribution in [0.2, 0.25) is 10.0 Å². The lowest BCUT2D eigenvalue weighted by molar-refractivity contribution is -0.124. The van der Waals surface area contributed by atoms with Crippen molar-refractivity contribution in [3.63, 3.8) is 0 Å². The highest BCUT2D eigenvalue weighted by Crippen LogP contribution is 2.24. The summed E-state index contributed by atoms with van der Waals surface area (Å²) in [5, 5.41) is 3.09. The minimum absolute atomic E-state index is 0.0673. The van der Waals surface area contributed by atoms with Gasteiger partial charge in [-0.3, -0.25) is 4.79 Å². The van der Waals surface area contributed by atoms with Gasteiger partial charge in [0.25, 0.3) is 5.91 Å². The van der Waals surface area contributed by atoms with Crippen LogP contribution in [0, 0.1) is 0 Å². The third-order valence-corrected chi connectivity index (χ3v) is 3.94. The zero-order valence-electron chi connectivity index (χ0n) is 12.9. The van der Waals surface area contributed by atoms with Crippen LogP contribution in [0.1, 0.15) is 22.3 Å². The second-order valence-electron chi connectivity index (χ2n) is 5.11. The molecule has 0 unspecified atom stereocenters. The molecule has 2 rings (SSSR count). The molecule has 0 radical (unpaired) electrons. The lowest BCUT2D eigenvalue weighted by atomic mass is 10.1. The molecule has 0 aliphatic carbocycles. The Morgan fingerprint density at radius 3 is 2.29 bits per heavy atom. The van der Waals surface area contributed by atoms with Crippen LogP contribution in [0.4, 0.5) is 0 Å². The number of benzene rings is 2. The molecule has 0 spiro atoms. The van der Waals surface area contributed by atoms with E-state index in [4.69, 9.17) is 27.9 Å². The molecule has 0 heterocycles. The Labute approximate surface area is 150 Å². The molecule has 126 valence electrons. The van der Waals surface area contributed by atoms with E-state index in [1.807, 2.05) is 30.3 Å². The van der Waals surface area contributed by atoms with Crippen molar-refractivity contribution in [2.45, 2.75) is 12.8 Å². The first kappa shape index (κ1) is 18.3. The first-order chi connectivity index (χ1) is 11.6. The monoisotopic (exact) mass is 365 g/mol. The Morgan fingerprint density at radius 2 is 1.62 bits per heavy atom. The second kappa shape index (κ2) is 9.30. The van der Waals surface area contributed by atoms with Gasteiger partial charge in [-0.15, -0.1) is 0 Å². The van der Waals surface area contributed by atoms with Crippen molar-refractivity contribution in [2.75, 3.05) is 13.2 Å². The molecule has 1 amide bonds. The van der Waals surface area contributed by atoms with Gasteiger partial charge in [0.2, 0.25) is 0 Å². The standard InChI is InChI=1S/C18H17Cl2NO3/c19-14-9-4-10-15(20)17(14)18(23)24-12-16(22)21-11-5-8-13-6-2-1-3-7-13/h1-4,6-7,9-10H,5,8,11-12H2,(H,21,22). The molecule has 0 saturated heterocycles. The number of carbonyl (C=O) groups is 2. The summed E-state index contributed by atoms with van der Waals surface area (Å²) < 4.78 is 4.95. The third kappa shape index (κ3) is 5.55. The summed E-state index contributed by atoms with van der Waals surface area (Å²) in [4.78, 5) is 23.6. The zero-order chi connectivity index (χ0) is 17.4. The predicted octanol–water partition coefficient (Wildman–Crippen LogP) is 3.90. The van der Waals surface area contributed by atoms with Gasteiger partial charge in [0.15, 0.2) is 6.61 Å². The van der Waals surface area contributed by atoms with Gasteiger partial charge < -0.3 is 10.1 Å². The van der Waals surface area contributed by atoms with Crippen LogP contribution in [-0.2, 0) is 16.0 Å². The smallest absolute Gasteiger partial charge is 0.341 e. The molecule has 1 N–H and O–H groups in total. The number of nitrogens with one attached hydrogen (secondary N) is 1. The van der Waals surface area contributed by atoms with Crippen LogP contribution in [0.25, 0.3) is 0 Å². The number of carbonyl (C=O) groups excluding carboxylic acids is 2. The fraction of sp³-hybridized carbons (Fsp3) is 0.222. The van der Waals surface area contributed by atoms with Gasteiger partial charge in [-0.25, -0.2) is 4.79 Å². The Bertz CT molecular complexity index is 684. The second-order valence-corrected chi connectivity index (χ2v) is 5.93. The average Bonchev–Trinajstić information content (AvgIpc) is 2.57. The molecule has 2 aromatic carbocycles. The molecule has 0 atom stereocenters. The van der Waals surface area contributed by atoms with E-state index in [0.717, 1.165) is 12.8 Å². The van der Waals surface area contributed by atoms with Gasteiger partial charge >= 0.3 is 5.97 Å². The number of hydrogen-bond donors (Lipinski definition) is 1. The van der Waals surface area contributed by atoms with E-state index in [-0.39, 0.29) is 28.1 Å². The zero-order valence-corrected chi connectivity index (χ0v) is 14.4. The predicted molar refractivity (Wildman–Crippen MR) is 94.5 cm³/mol. The van der Waals surface area contributed by atoms with Gasteiger partial charge in [-0.05, 0) is 30.5 Å². The number of esters is 1. The largest absolute Gasteiger partial charge is 0.452 e. The van der Waals surface area contributed by atoms with Crippen molar-refractivity contribution in [2.24, 2.45) is 0 Å². The van der Waals surface area contributed by atoms with Crippen molar-refractivity contribution in [3.8, 4) is 0 Å². The summed E-state index contributed by atoms with van der Waals surface area (Å²) in [5.41, 5.74) is 1.28. The Hall–Kier alpha value is -2.04. The van der Waals surface area contributed by atoms with E-state index in [1.165, 1.54) is 17.7 Å². The molecule has 0 aromatic heterocycles. The minimum Gasteiger partial charge on any atom is -0.452 e. The number of ether oxygens (including phenoxy) is 1. The van der Waals surface area contributed by atoms with Crippen molar-refractivity contribution in [1.82, 2.24) is 5.32 Å². The molecule has 6 heteroatoms. The molecule has 0 bridgehead atoms. The maximum absolute atomic E-state index is 11.9. The number of rotatable bonds is 7. The molecular formula is C18H17Cl2NO3. The first-order valence-corrected chi connectivity index (χ1v) is 8.25. The van der Waals surface area contributed by atoms with E-state index < -0.39 is 5.97 Å². The summed E-state index contributed by atoms with van der Waals surface area (Å²) in [6, 6.07) is 14.7. The quantitative estimate of drug-likeness (QED) is 0.597. The molecule has 4 nitrogen and oxygen atoms in total. The fourth-order valence-corrected chi connectivity index (χ4v) is 2.66. The van der Waals surface area contributed by atoms with Crippen LogP contribution in [0.5, 0.6) is 0 Å². The molecule has 2 aromatic rings. The van der Waals surface area contributed by atoms with Crippen molar-refractivity contribution < 1.29 is 14.3 Å². The van der Waals surface area contributed by atoms with Crippen molar-refractivity contribution >= 4 is 35.1 Å². The molecule has 24 heavy (non-hydrogen) atoms. The van der Waals surface area contributed by atoms with Gasteiger partial charge in [-0.1, -0.05) is 59.6 Å². The SMILES string of the molecule is O=C(COC(=O)c1c(Cl)cccc1Cl)NCCCc1ccccc1. The van der Waals surface area contributed by atoms with E-state index in [9.17, 15) is 9.59 Å². The average molecular weight is 366 g/mol. The summed E-state index contributed by atoms with van der Waals surface area (Å²) in [5.74, 6) is -1.08. The molecular weight excluding hydrogens is 349 g/mol. The lowest BCUT2D eigenvalue weighted by Gasteiger charge is -2.08. The Kier molecular flexibility index (Phi) is 7.09. The van der Waals surface area contributed by atoms with Gasteiger partial charge in [0.05, 0.1) is 15.6 Å². The van der Waals surface area contributed by atoms with Gasteiger partial charge in [0, 0.05) is 6.54 Å². The van der Waals surface area contributed by atoms with Crippen LogP contribution in [0.3, 0.4) is 0 Å². The highest BCUT2D eigenvalue weighted by atomic mass is 35.5. The topological polar surface area (TPSA) is 55.4 Å². The lowest BCUT2D eigenvalue weighted by Crippen LogP contribution is -2.29. The molecule has 0 aliphatic heterocycles. The van der Waals surface area contributed by atoms with E-state index in [0.29, 0.717) is 6.54 Å². The number of hydrogen-bond acceptors (Lipinski definition) is 3. The highest BCUT2D eigenvalue weighted by molar-refractivity contribution is 6.39. The van der Waals surface area contributed by atoms with Crippen LogP contribution < -0.4 is 5.32 Å². The highest BCUT2D eigenvalue weighted by Gasteiger charge is 2.17. The van der Waals surface area contributed by atoms with Gasteiger partial charge in [-0.2, -0.15) is 0 Å². The maximum atomic E-state index is 11.9. The number of aryl methyl sites for hydroxylation is 1. The van der Waals surface area contributed by atoms with Crippen LogP contribution >= 0.6 is 23.2 Å². The normalized spacial score (nSPS) is 10.2. The summed E-state index contributed by atoms with van der Waals surface area (Å²) in [6.07, 6.45) is 1.68. The third-order valence-electron chi connectivity index (χ3n) is 3.31. The maximum Gasteiger partial charge on any atom is 0.341 e. The fourth-order valence-electron chi connectivity index (χ4n) is 2.11. The molecule has 0 fully saturated rings. The first-order valence-electron chi connectivity index (χ1n) is 7.49. The van der Waals surface area contributed by atoms with Crippen LogP contribution in [0.15, 0.2) is 48.5 Å². The summed E-state index contributed by atoms with van der Waals surface area (Å²) in [6.45, 7) is 0.143. The minimum atomic E-state index is -0.718. The number of amides is 1. The van der Waals surface area contributed by atoms with E-state index in [2.05, 4.69) is 5.32 Å². The summed E-state index contributed by atoms with van der Waals surface area (Å²) in [7, 11) is 0. The van der Waals surface area contributed by atoms with Crippen molar-refractivity contribution in [3.05, 3.63) is 69.7 Å². The Morgan fingerprint density at radius 1 is 0.958 bits per heavy atom. The molecule has 0 saturated carbocycles. The van der Waals surface area contributed by atoms with Gasteiger partial charge in [0.1, 0.15) is 0 Å². The van der Waals surface area contributed by atoms with Crippen LogP contribution in [-0.4, -0.2) is 25.0 Å². The Balaban J connectivity index is 1.70. The molecule has 0 aliphatic rings. The van der Waals surface area contributed by atoms with Crippen molar-refractivity contribution in [1.29, 1.82) is 0 Å². The van der Waals surface area contributed by atoms with E-state index in [1.54, 1.807) is 6.07 Å².